The van der Waals surface area contributed by atoms with Gasteiger partial charge >= 0.3 is 0 Å². The number of hydrogen-bond acceptors (Lipinski definition) is 5. The molecule has 0 aliphatic rings. The second-order valence-electron chi connectivity index (χ2n) is 11.0. The number of nitrogens with zero attached hydrogens (tertiary/aromatic N) is 2. The number of carbonyl (C=O) groups is 2. The number of unbranched alkanes of at least 4 members (excludes halogenated alkanes) is 1. The van der Waals surface area contributed by atoms with Gasteiger partial charge in [0.05, 0.1) is 17.2 Å². The molecule has 0 aliphatic carbocycles. The van der Waals surface area contributed by atoms with Crippen molar-refractivity contribution in [3.63, 3.8) is 0 Å². The standard InChI is InChI=1S/C37H43N3O5S/c1-4-6-25-38-37(42)35(26-30-16-9-7-10-17-30)39(27-31-18-14-13-15-29(31)3)36(41)28-40(32-21-23-33(24-22-32)45-5-2)46(43,44)34-19-11-8-12-20-34/h7-24,35H,4-6,25-28H2,1-3H3,(H,38,42). The van der Waals surface area contributed by atoms with Gasteiger partial charge in [-0.2, -0.15) is 0 Å². The number of hydrogen-bond donors (Lipinski definition) is 1. The van der Waals surface area contributed by atoms with Crippen molar-refractivity contribution in [3.8, 4) is 5.75 Å². The molecule has 0 heterocycles. The minimum Gasteiger partial charge on any atom is -0.494 e. The first-order chi connectivity index (χ1) is 22.2. The van der Waals surface area contributed by atoms with Gasteiger partial charge in [-0.25, -0.2) is 8.42 Å². The van der Waals surface area contributed by atoms with Crippen LogP contribution < -0.4 is 14.4 Å². The summed E-state index contributed by atoms with van der Waals surface area (Å²) in [7, 11) is -4.17. The second kappa shape index (κ2) is 16.6. The first kappa shape index (κ1) is 34.2. The number of aryl methyl sites for hydroxylation is 1. The Balaban J connectivity index is 1.79. The lowest BCUT2D eigenvalue weighted by Crippen LogP contribution is -2.53. The van der Waals surface area contributed by atoms with Crippen LogP contribution in [0.15, 0.2) is 114 Å². The predicted molar refractivity (Wildman–Crippen MR) is 182 cm³/mol. The number of rotatable bonds is 16. The van der Waals surface area contributed by atoms with Crippen LogP contribution in [0.4, 0.5) is 5.69 Å². The van der Waals surface area contributed by atoms with Crippen LogP contribution >= 0.6 is 0 Å². The lowest BCUT2D eigenvalue weighted by molar-refractivity contribution is -0.140. The van der Waals surface area contributed by atoms with Crippen molar-refractivity contribution in [2.24, 2.45) is 0 Å². The van der Waals surface area contributed by atoms with E-state index >= 15 is 0 Å². The average molecular weight is 642 g/mol. The van der Waals surface area contributed by atoms with Gasteiger partial charge in [-0.3, -0.25) is 13.9 Å². The number of anilines is 1. The molecule has 2 amide bonds. The zero-order valence-corrected chi connectivity index (χ0v) is 27.6. The molecule has 8 nitrogen and oxygen atoms in total. The summed E-state index contributed by atoms with van der Waals surface area (Å²) in [5.41, 5.74) is 3.03. The van der Waals surface area contributed by atoms with Gasteiger partial charge in [-0.15, -0.1) is 0 Å². The van der Waals surface area contributed by atoms with Gasteiger partial charge in [0.1, 0.15) is 18.3 Å². The van der Waals surface area contributed by atoms with E-state index in [1.165, 1.54) is 17.0 Å². The molecule has 9 heteroatoms. The van der Waals surface area contributed by atoms with Gasteiger partial charge in [-0.05, 0) is 73.4 Å². The van der Waals surface area contributed by atoms with E-state index in [1.807, 2.05) is 75.4 Å². The van der Waals surface area contributed by atoms with Crippen LogP contribution in [0.5, 0.6) is 5.75 Å². The molecule has 0 aliphatic heterocycles. The smallest absolute Gasteiger partial charge is 0.264 e. The van der Waals surface area contributed by atoms with Crippen LogP contribution in [0.25, 0.3) is 0 Å². The number of carbonyl (C=O) groups excluding carboxylic acids is 2. The minimum atomic E-state index is -4.17. The molecule has 242 valence electrons. The average Bonchev–Trinajstić information content (AvgIpc) is 3.07. The summed E-state index contributed by atoms with van der Waals surface area (Å²) in [5, 5.41) is 3.02. The molecule has 0 bridgehead atoms. The maximum absolute atomic E-state index is 14.6. The molecule has 0 saturated heterocycles. The van der Waals surface area contributed by atoms with Gasteiger partial charge in [0.2, 0.25) is 11.8 Å². The Hall–Kier alpha value is -4.63. The molecule has 1 unspecified atom stereocenters. The van der Waals surface area contributed by atoms with Crippen LogP contribution in [0.1, 0.15) is 43.4 Å². The highest BCUT2D eigenvalue weighted by Crippen LogP contribution is 2.27. The zero-order valence-electron chi connectivity index (χ0n) is 26.8. The molecule has 0 aromatic heterocycles. The Morgan fingerprint density at radius 2 is 1.46 bits per heavy atom. The monoisotopic (exact) mass is 641 g/mol. The summed E-state index contributed by atoms with van der Waals surface area (Å²) >= 11 is 0. The molecule has 0 spiro atoms. The van der Waals surface area contributed by atoms with Gasteiger partial charge in [0.25, 0.3) is 10.0 Å². The van der Waals surface area contributed by atoms with Crippen molar-refractivity contribution in [3.05, 3.63) is 126 Å². The Morgan fingerprint density at radius 1 is 0.826 bits per heavy atom. The first-order valence-electron chi connectivity index (χ1n) is 15.7. The largest absolute Gasteiger partial charge is 0.494 e. The van der Waals surface area contributed by atoms with Gasteiger partial charge in [0.15, 0.2) is 0 Å². The third-order valence-corrected chi connectivity index (χ3v) is 9.54. The molecule has 4 aromatic carbocycles. The summed E-state index contributed by atoms with van der Waals surface area (Å²) in [6, 6.07) is 31.0. The summed E-state index contributed by atoms with van der Waals surface area (Å²) < 4.78 is 34.9. The highest BCUT2D eigenvalue weighted by molar-refractivity contribution is 7.92. The molecule has 1 atom stereocenters. The highest BCUT2D eigenvalue weighted by atomic mass is 32.2. The van der Waals surface area contributed by atoms with Gasteiger partial charge < -0.3 is 15.0 Å². The zero-order chi connectivity index (χ0) is 32.9. The Kier molecular flexibility index (Phi) is 12.4. The minimum absolute atomic E-state index is 0.0558. The summed E-state index contributed by atoms with van der Waals surface area (Å²) in [6.45, 7) is 6.43. The first-order valence-corrected chi connectivity index (χ1v) is 17.1. The fraction of sp³-hybridized carbons (Fsp3) is 0.297. The van der Waals surface area contributed by atoms with Gasteiger partial charge in [0, 0.05) is 19.5 Å². The van der Waals surface area contributed by atoms with Crippen molar-refractivity contribution in [2.75, 3.05) is 24.0 Å². The molecule has 4 aromatic rings. The van der Waals surface area contributed by atoms with Crippen LogP contribution in [0.3, 0.4) is 0 Å². The molecule has 0 saturated carbocycles. The fourth-order valence-electron chi connectivity index (χ4n) is 5.15. The third-order valence-electron chi connectivity index (χ3n) is 7.75. The van der Waals surface area contributed by atoms with Crippen molar-refractivity contribution in [2.45, 2.75) is 57.5 Å². The van der Waals surface area contributed by atoms with Crippen molar-refractivity contribution in [1.82, 2.24) is 10.2 Å². The Labute approximate surface area is 273 Å². The lowest BCUT2D eigenvalue weighted by atomic mass is 10.0. The van der Waals surface area contributed by atoms with Crippen molar-refractivity contribution < 1.29 is 22.7 Å². The van der Waals surface area contributed by atoms with E-state index in [-0.39, 0.29) is 23.8 Å². The van der Waals surface area contributed by atoms with Gasteiger partial charge in [-0.1, -0.05) is 86.1 Å². The predicted octanol–water partition coefficient (Wildman–Crippen LogP) is 6.15. The number of sulfonamides is 1. The van der Waals surface area contributed by atoms with E-state index in [9.17, 15) is 18.0 Å². The highest BCUT2D eigenvalue weighted by Gasteiger charge is 2.34. The number of ether oxygens (including phenoxy) is 1. The van der Waals surface area contributed by atoms with E-state index in [1.54, 1.807) is 42.5 Å². The maximum atomic E-state index is 14.6. The fourth-order valence-corrected chi connectivity index (χ4v) is 6.59. The normalized spacial score (nSPS) is 11.8. The molecule has 0 fully saturated rings. The van der Waals surface area contributed by atoms with Crippen LogP contribution in [-0.2, 0) is 32.6 Å². The van der Waals surface area contributed by atoms with E-state index < -0.39 is 28.5 Å². The molecule has 0 radical (unpaired) electrons. The molecule has 1 N–H and O–H groups in total. The summed E-state index contributed by atoms with van der Waals surface area (Å²) in [6.07, 6.45) is 1.98. The quantitative estimate of drug-likeness (QED) is 0.148. The molecule has 4 rings (SSSR count). The lowest BCUT2D eigenvalue weighted by Gasteiger charge is -2.34. The summed E-state index contributed by atoms with van der Waals surface area (Å²) in [4.78, 5) is 30.0. The molecule has 46 heavy (non-hydrogen) atoms. The number of nitrogens with one attached hydrogen (secondary N) is 1. The Bertz CT molecular complexity index is 1660. The van der Waals surface area contributed by atoms with E-state index in [0.29, 0.717) is 24.6 Å². The summed E-state index contributed by atoms with van der Waals surface area (Å²) in [5.74, 6) is -0.191. The SMILES string of the molecule is CCCCNC(=O)C(Cc1ccccc1)N(Cc1ccccc1C)C(=O)CN(c1ccc(OCC)cc1)S(=O)(=O)c1ccccc1. The Morgan fingerprint density at radius 3 is 2.09 bits per heavy atom. The van der Waals surface area contributed by atoms with Crippen LogP contribution in [-0.4, -0.2) is 50.9 Å². The van der Waals surface area contributed by atoms with Crippen molar-refractivity contribution in [1.29, 1.82) is 0 Å². The maximum Gasteiger partial charge on any atom is 0.264 e. The van der Waals surface area contributed by atoms with E-state index in [4.69, 9.17) is 4.74 Å². The second-order valence-corrected chi connectivity index (χ2v) is 12.9. The van der Waals surface area contributed by atoms with Crippen molar-refractivity contribution >= 4 is 27.5 Å². The molecular formula is C37H43N3O5S. The molecular weight excluding hydrogens is 598 g/mol. The number of benzene rings is 4. The van der Waals surface area contributed by atoms with Crippen LogP contribution in [0.2, 0.25) is 0 Å². The topological polar surface area (TPSA) is 96.0 Å². The number of amides is 2. The van der Waals surface area contributed by atoms with E-state index in [0.717, 1.165) is 33.8 Å². The van der Waals surface area contributed by atoms with Crippen LogP contribution in [0, 0.1) is 6.92 Å². The third kappa shape index (κ3) is 8.97. The van der Waals surface area contributed by atoms with E-state index in [2.05, 4.69) is 5.32 Å².